The van der Waals surface area contributed by atoms with Crippen LogP contribution in [0.1, 0.15) is 32.2 Å². The van der Waals surface area contributed by atoms with Gasteiger partial charge in [0.1, 0.15) is 5.82 Å². The molecular weight excluding hydrogens is 248 g/mol. The molecule has 0 unspecified atom stereocenters. The summed E-state index contributed by atoms with van der Waals surface area (Å²) in [6.07, 6.45) is 0. The van der Waals surface area contributed by atoms with Crippen molar-refractivity contribution in [1.82, 2.24) is 20.2 Å². The van der Waals surface area contributed by atoms with E-state index in [-0.39, 0.29) is 0 Å². The molecule has 0 bridgehead atoms. The number of hydrogen-bond donors (Lipinski definition) is 2. The first-order valence-electron chi connectivity index (χ1n) is 7.53. The Balaban J connectivity index is 1.92. The van der Waals surface area contributed by atoms with Crippen LogP contribution in [-0.4, -0.2) is 40.5 Å². The number of fused-ring (bicyclic) bond motifs is 1. The molecule has 2 aromatic rings. The Labute approximate surface area is 121 Å². The summed E-state index contributed by atoms with van der Waals surface area (Å²) in [7, 11) is 0. The lowest BCUT2D eigenvalue weighted by atomic mass is 10.2. The highest BCUT2D eigenvalue weighted by molar-refractivity contribution is 5.75. The largest absolute Gasteiger partial charge is 0.341 e. The molecule has 0 aliphatic rings. The van der Waals surface area contributed by atoms with E-state index in [2.05, 4.69) is 66.1 Å². The van der Waals surface area contributed by atoms with E-state index in [0.717, 1.165) is 43.0 Å². The van der Waals surface area contributed by atoms with Gasteiger partial charge in [-0.2, -0.15) is 0 Å². The van der Waals surface area contributed by atoms with Crippen molar-refractivity contribution in [2.24, 2.45) is 0 Å². The summed E-state index contributed by atoms with van der Waals surface area (Å²) in [6, 6.07) is 6.78. The summed E-state index contributed by atoms with van der Waals surface area (Å²) >= 11 is 0. The summed E-state index contributed by atoms with van der Waals surface area (Å²) in [5.74, 6) is 1.01. The fourth-order valence-electron chi connectivity index (χ4n) is 2.46. The molecule has 1 atom stereocenters. The van der Waals surface area contributed by atoms with Crippen molar-refractivity contribution < 1.29 is 0 Å². The van der Waals surface area contributed by atoms with Crippen molar-refractivity contribution in [2.45, 2.75) is 40.3 Å². The molecule has 0 saturated carbocycles. The molecular formula is C16H26N4. The first-order chi connectivity index (χ1) is 9.62. The number of aromatic amines is 1. The number of likely N-dealkylation sites (N-methyl/N-ethyl adjacent to an activating group) is 1. The van der Waals surface area contributed by atoms with Gasteiger partial charge in [0.15, 0.2) is 0 Å². The lowest BCUT2D eigenvalue weighted by Crippen LogP contribution is -2.38. The molecule has 4 heteroatoms. The topological polar surface area (TPSA) is 44.0 Å². The van der Waals surface area contributed by atoms with Gasteiger partial charge in [0.2, 0.25) is 0 Å². The van der Waals surface area contributed by atoms with Gasteiger partial charge in [-0.1, -0.05) is 19.9 Å². The molecule has 0 aliphatic carbocycles. The van der Waals surface area contributed by atoms with Crippen LogP contribution in [-0.2, 0) is 6.54 Å². The molecule has 0 amide bonds. The van der Waals surface area contributed by atoms with E-state index in [1.807, 2.05) is 0 Å². The number of hydrogen-bond acceptors (Lipinski definition) is 3. The highest BCUT2D eigenvalue weighted by Gasteiger charge is 2.08. The number of nitrogens with one attached hydrogen (secondary N) is 2. The molecule has 4 nitrogen and oxygen atoms in total. The number of benzene rings is 1. The number of aromatic nitrogens is 2. The van der Waals surface area contributed by atoms with Crippen molar-refractivity contribution in [3.05, 3.63) is 29.6 Å². The summed E-state index contributed by atoms with van der Waals surface area (Å²) in [5, 5.41) is 3.54. The number of rotatable bonds is 7. The Hall–Kier alpha value is -1.39. The zero-order chi connectivity index (χ0) is 14.5. The average molecular weight is 274 g/mol. The van der Waals surface area contributed by atoms with Gasteiger partial charge in [0, 0.05) is 12.6 Å². The number of aryl methyl sites for hydroxylation is 1. The van der Waals surface area contributed by atoms with Gasteiger partial charge in [-0.15, -0.1) is 0 Å². The number of imidazole rings is 1. The quantitative estimate of drug-likeness (QED) is 0.816. The van der Waals surface area contributed by atoms with Crippen molar-refractivity contribution >= 4 is 11.0 Å². The highest BCUT2D eigenvalue weighted by atomic mass is 15.1. The minimum Gasteiger partial charge on any atom is -0.341 e. The lowest BCUT2D eigenvalue weighted by Gasteiger charge is -2.23. The molecule has 1 heterocycles. The molecule has 2 N–H and O–H groups in total. The molecule has 1 aromatic carbocycles. The standard InChI is InChI=1S/C16H26N4/c1-5-20(6-2)11-13(4)17-10-16-18-14-8-7-12(3)9-15(14)19-16/h7-9,13,17H,5-6,10-11H2,1-4H3,(H,18,19)/t13-/m1/s1. The van der Waals surface area contributed by atoms with Gasteiger partial charge >= 0.3 is 0 Å². The monoisotopic (exact) mass is 274 g/mol. The summed E-state index contributed by atoms with van der Waals surface area (Å²) in [4.78, 5) is 10.4. The normalized spacial score (nSPS) is 13.2. The van der Waals surface area contributed by atoms with Crippen LogP contribution in [0.3, 0.4) is 0 Å². The average Bonchev–Trinajstić information content (AvgIpc) is 2.84. The third-order valence-corrected chi connectivity index (χ3v) is 3.73. The molecule has 0 radical (unpaired) electrons. The predicted octanol–water partition coefficient (Wildman–Crippen LogP) is 2.69. The second-order valence-electron chi connectivity index (χ2n) is 5.47. The van der Waals surface area contributed by atoms with E-state index in [0.29, 0.717) is 6.04 Å². The van der Waals surface area contributed by atoms with E-state index in [9.17, 15) is 0 Å². The molecule has 1 aromatic heterocycles. The van der Waals surface area contributed by atoms with Crippen molar-refractivity contribution in [2.75, 3.05) is 19.6 Å². The smallest absolute Gasteiger partial charge is 0.121 e. The Bertz CT molecular complexity index is 542. The van der Waals surface area contributed by atoms with Crippen LogP contribution in [0.2, 0.25) is 0 Å². The third-order valence-electron chi connectivity index (χ3n) is 3.73. The second-order valence-corrected chi connectivity index (χ2v) is 5.47. The minimum absolute atomic E-state index is 0.463. The number of nitrogens with zero attached hydrogens (tertiary/aromatic N) is 2. The van der Waals surface area contributed by atoms with Gasteiger partial charge in [0.25, 0.3) is 0 Å². The van der Waals surface area contributed by atoms with Gasteiger partial charge < -0.3 is 15.2 Å². The van der Waals surface area contributed by atoms with Crippen molar-refractivity contribution in [3.63, 3.8) is 0 Å². The van der Waals surface area contributed by atoms with Gasteiger partial charge in [-0.05, 0) is 44.6 Å². The molecule has 110 valence electrons. The Morgan fingerprint density at radius 2 is 2.05 bits per heavy atom. The summed E-state index contributed by atoms with van der Waals surface area (Å²) < 4.78 is 0. The van der Waals surface area contributed by atoms with Crippen molar-refractivity contribution in [3.8, 4) is 0 Å². The lowest BCUT2D eigenvalue weighted by molar-refractivity contribution is 0.270. The third kappa shape index (κ3) is 3.81. The van der Waals surface area contributed by atoms with Crippen LogP contribution in [0.25, 0.3) is 11.0 Å². The molecule has 20 heavy (non-hydrogen) atoms. The maximum absolute atomic E-state index is 4.61. The number of H-pyrrole nitrogens is 1. The van der Waals surface area contributed by atoms with Gasteiger partial charge in [-0.25, -0.2) is 4.98 Å². The zero-order valence-electron chi connectivity index (χ0n) is 13.0. The van der Waals surface area contributed by atoms with E-state index < -0.39 is 0 Å². The SMILES string of the molecule is CCN(CC)C[C@@H](C)NCc1nc2ccc(C)cc2[nH]1. The first-order valence-corrected chi connectivity index (χ1v) is 7.53. The van der Waals surface area contributed by atoms with Crippen LogP contribution in [0.5, 0.6) is 0 Å². The zero-order valence-corrected chi connectivity index (χ0v) is 13.0. The predicted molar refractivity (Wildman–Crippen MR) is 84.9 cm³/mol. The van der Waals surface area contributed by atoms with Crippen LogP contribution in [0, 0.1) is 6.92 Å². The fourth-order valence-corrected chi connectivity index (χ4v) is 2.46. The van der Waals surface area contributed by atoms with Gasteiger partial charge in [0.05, 0.1) is 17.6 Å². The Kier molecular flexibility index (Phi) is 5.15. The van der Waals surface area contributed by atoms with Crippen LogP contribution < -0.4 is 5.32 Å². The van der Waals surface area contributed by atoms with E-state index in [4.69, 9.17) is 0 Å². The minimum atomic E-state index is 0.463. The second kappa shape index (κ2) is 6.86. The van der Waals surface area contributed by atoms with Crippen LogP contribution >= 0.6 is 0 Å². The van der Waals surface area contributed by atoms with Crippen LogP contribution in [0.15, 0.2) is 18.2 Å². The molecule has 2 rings (SSSR count). The molecule has 0 spiro atoms. The first kappa shape index (κ1) is 15.0. The highest BCUT2D eigenvalue weighted by Crippen LogP contribution is 2.13. The van der Waals surface area contributed by atoms with Gasteiger partial charge in [-0.3, -0.25) is 0 Å². The van der Waals surface area contributed by atoms with Crippen molar-refractivity contribution in [1.29, 1.82) is 0 Å². The van der Waals surface area contributed by atoms with E-state index in [1.54, 1.807) is 0 Å². The Morgan fingerprint density at radius 3 is 2.75 bits per heavy atom. The molecule has 0 saturated heterocycles. The molecule has 0 fully saturated rings. The summed E-state index contributed by atoms with van der Waals surface area (Å²) in [5.41, 5.74) is 3.43. The fraction of sp³-hybridized carbons (Fsp3) is 0.562. The van der Waals surface area contributed by atoms with Crippen LogP contribution in [0.4, 0.5) is 0 Å². The van der Waals surface area contributed by atoms with E-state index >= 15 is 0 Å². The maximum atomic E-state index is 4.61. The van der Waals surface area contributed by atoms with E-state index in [1.165, 1.54) is 5.56 Å². The Morgan fingerprint density at radius 1 is 1.30 bits per heavy atom. The summed E-state index contributed by atoms with van der Waals surface area (Å²) in [6.45, 7) is 12.8. The maximum Gasteiger partial charge on any atom is 0.121 e. The molecule has 0 aliphatic heterocycles.